The van der Waals surface area contributed by atoms with E-state index < -0.39 is 0 Å². The molecule has 1 aromatic heterocycles. The third kappa shape index (κ3) is 3.33. The fourth-order valence-corrected chi connectivity index (χ4v) is 2.01. The van der Waals surface area contributed by atoms with Crippen molar-refractivity contribution in [3.05, 3.63) is 22.7 Å². The number of aromatic nitrogens is 2. The van der Waals surface area contributed by atoms with Gasteiger partial charge in [-0.2, -0.15) is 0 Å². The summed E-state index contributed by atoms with van der Waals surface area (Å²) in [6.07, 6.45) is 4.37. The van der Waals surface area contributed by atoms with Crippen LogP contribution in [0, 0.1) is 0 Å². The van der Waals surface area contributed by atoms with Gasteiger partial charge in [0.1, 0.15) is 0 Å². The van der Waals surface area contributed by atoms with E-state index >= 15 is 0 Å². The summed E-state index contributed by atoms with van der Waals surface area (Å²) in [6, 6.07) is 0. The first kappa shape index (κ1) is 13.2. The molecule has 1 unspecified atom stereocenters. The van der Waals surface area contributed by atoms with Crippen LogP contribution < -0.4 is 10.5 Å². The molecule has 1 atom stereocenters. The van der Waals surface area contributed by atoms with Gasteiger partial charge >= 0.3 is 0 Å². The van der Waals surface area contributed by atoms with Crippen LogP contribution in [0.1, 0.15) is 20.3 Å². The third-order valence-corrected chi connectivity index (χ3v) is 2.54. The van der Waals surface area contributed by atoms with Gasteiger partial charge in [0.2, 0.25) is 0 Å². The van der Waals surface area contributed by atoms with Gasteiger partial charge in [-0.15, -0.1) is 0 Å². The molecule has 4 nitrogen and oxygen atoms in total. The maximum atomic E-state index is 12.0. The Balaban J connectivity index is 2.96. The number of halogens is 1. The van der Waals surface area contributed by atoms with Crippen LogP contribution in [0.4, 0.5) is 5.82 Å². The average molecular weight is 288 g/mol. The van der Waals surface area contributed by atoms with Crippen LogP contribution in [0.15, 0.2) is 17.2 Å². The van der Waals surface area contributed by atoms with Gasteiger partial charge in [-0.1, -0.05) is 29.8 Å². The van der Waals surface area contributed by atoms with Crippen LogP contribution in [0.3, 0.4) is 0 Å². The molecule has 1 aromatic rings. The normalized spacial score (nSPS) is 12.5. The molecular weight excluding hydrogens is 270 g/mol. The highest BCUT2D eigenvalue weighted by molar-refractivity contribution is 9.09. The van der Waals surface area contributed by atoms with Gasteiger partial charge in [0, 0.05) is 37.4 Å². The predicted octanol–water partition coefficient (Wildman–Crippen LogP) is 1.87. The van der Waals surface area contributed by atoms with E-state index in [1.807, 2.05) is 18.9 Å². The maximum absolute atomic E-state index is 12.0. The van der Waals surface area contributed by atoms with Gasteiger partial charge in [0.05, 0.1) is 0 Å². The summed E-state index contributed by atoms with van der Waals surface area (Å²) in [7, 11) is 1.89. The lowest BCUT2D eigenvalue weighted by molar-refractivity contribution is 0.644. The van der Waals surface area contributed by atoms with Gasteiger partial charge in [-0.25, -0.2) is 4.98 Å². The van der Waals surface area contributed by atoms with Crippen molar-refractivity contribution in [2.24, 2.45) is 0 Å². The Hall–Kier alpha value is -0.840. The van der Waals surface area contributed by atoms with E-state index in [-0.39, 0.29) is 5.56 Å². The molecule has 0 aromatic carbocycles. The van der Waals surface area contributed by atoms with E-state index in [4.69, 9.17) is 0 Å². The molecule has 0 radical (unpaired) electrons. The smallest absolute Gasteiger partial charge is 0.293 e. The van der Waals surface area contributed by atoms with Gasteiger partial charge in [-0.05, 0) is 6.42 Å². The Bertz CT molecular complexity index is 389. The molecule has 16 heavy (non-hydrogen) atoms. The molecule has 0 aliphatic rings. The summed E-state index contributed by atoms with van der Waals surface area (Å²) in [6.45, 7) is 5.60. The summed E-state index contributed by atoms with van der Waals surface area (Å²) in [4.78, 5) is 18.4. The van der Waals surface area contributed by atoms with Crippen molar-refractivity contribution in [3.63, 3.8) is 0 Å². The summed E-state index contributed by atoms with van der Waals surface area (Å²) in [5.41, 5.74) is -0.0139. The van der Waals surface area contributed by atoms with E-state index in [1.165, 1.54) is 0 Å². The highest BCUT2D eigenvalue weighted by Gasteiger charge is 2.11. The van der Waals surface area contributed by atoms with Crippen molar-refractivity contribution in [1.82, 2.24) is 9.55 Å². The van der Waals surface area contributed by atoms with Crippen LogP contribution in [-0.2, 0) is 6.54 Å². The fourth-order valence-electron chi connectivity index (χ4n) is 1.58. The number of hydrogen-bond acceptors (Lipinski definition) is 3. The number of rotatable bonds is 5. The zero-order valence-electron chi connectivity index (χ0n) is 9.98. The van der Waals surface area contributed by atoms with Crippen LogP contribution in [-0.4, -0.2) is 28.0 Å². The summed E-state index contributed by atoms with van der Waals surface area (Å²) in [5, 5.41) is 0. The lowest BCUT2D eigenvalue weighted by atomic mass is 10.4. The summed E-state index contributed by atoms with van der Waals surface area (Å²) in [5.74, 6) is 0.516. The predicted molar refractivity (Wildman–Crippen MR) is 70.4 cm³/mol. The van der Waals surface area contributed by atoms with Crippen molar-refractivity contribution >= 4 is 21.7 Å². The first-order valence-electron chi connectivity index (χ1n) is 5.47. The van der Waals surface area contributed by atoms with Gasteiger partial charge in [-0.3, -0.25) is 4.79 Å². The third-order valence-electron chi connectivity index (χ3n) is 2.25. The van der Waals surface area contributed by atoms with Gasteiger partial charge in [0.25, 0.3) is 5.56 Å². The Morgan fingerprint density at radius 2 is 2.31 bits per heavy atom. The van der Waals surface area contributed by atoms with E-state index in [1.54, 1.807) is 17.0 Å². The largest absolute Gasteiger partial charge is 0.354 e. The van der Waals surface area contributed by atoms with Gasteiger partial charge < -0.3 is 9.47 Å². The van der Waals surface area contributed by atoms with Crippen LogP contribution >= 0.6 is 15.9 Å². The van der Waals surface area contributed by atoms with Crippen LogP contribution in [0.5, 0.6) is 0 Å². The lowest BCUT2D eigenvalue weighted by Gasteiger charge is -2.19. The minimum absolute atomic E-state index is 0.0139. The molecule has 0 aliphatic heterocycles. The molecule has 0 saturated heterocycles. The molecule has 0 fully saturated rings. The molecule has 0 N–H and O–H groups in total. The SMILES string of the molecule is CCCn1ccnc(N(C)CC(C)Br)c1=O. The molecule has 0 spiro atoms. The monoisotopic (exact) mass is 287 g/mol. The number of nitrogens with zero attached hydrogens (tertiary/aromatic N) is 3. The Morgan fingerprint density at radius 3 is 2.88 bits per heavy atom. The van der Waals surface area contributed by atoms with Crippen molar-refractivity contribution < 1.29 is 0 Å². The second-order valence-electron chi connectivity index (χ2n) is 3.91. The molecule has 0 aliphatic carbocycles. The van der Waals surface area contributed by atoms with Crippen LogP contribution in [0.25, 0.3) is 0 Å². The molecule has 0 saturated carbocycles. The summed E-state index contributed by atoms with van der Waals surface area (Å²) >= 11 is 3.47. The van der Waals surface area contributed by atoms with Gasteiger partial charge in [0.15, 0.2) is 5.82 Å². The first-order chi connectivity index (χ1) is 7.56. The molecule has 0 bridgehead atoms. The summed E-state index contributed by atoms with van der Waals surface area (Å²) < 4.78 is 1.71. The first-order valence-corrected chi connectivity index (χ1v) is 6.38. The van der Waals surface area contributed by atoms with Crippen molar-refractivity contribution in [2.75, 3.05) is 18.5 Å². The Kier molecular flexibility index (Phi) is 4.99. The Labute approximate surface area is 104 Å². The second kappa shape index (κ2) is 6.03. The highest BCUT2D eigenvalue weighted by Crippen LogP contribution is 2.05. The Morgan fingerprint density at radius 1 is 1.62 bits per heavy atom. The lowest BCUT2D eigenvalue weighted by Crippen LogP contribution is -2.33. The number of alkyl halides is 1. The minimum Gasteiger partial charge on any atom is -0.354 e. The number of aryl methyl sites for hydroxylation is 1. The fraction of sp³-hybridized carbons (Fsp3) is 0.636. The minimum atomic E-state index is -0.0139. The zero-order chi connectivity index (χ0) is 12.1. The average Bonchev–Trinajstić information content (AvgIpc) is 2.20. The standard InChI is InChI=1S/C11H18BrN3O/c1-4-6-15-7-5-13-10(11(15)16)14(3)8-9(2)12/h5,7,9H,4,6,8H2,1-3H3. The molecule has 0 amide bonds. The highest BCUT2D eigenvalue weighted by atomic mass is 79.9. The molecule has 5 heteroatoms. The van der Waals surface area contributed by atoms with Crippen molar-refractivity contribution in [1.29, 1.82) is 0 Å². The quantitative estimate of drug-likeness (QED) is 0.776. The molecule has 1 rings (SSSR count). The number of hydrogen-bond donors (Lipinski definition) is 0. The zero-order valence-corrected chi connectivity index (χ0v) is 11.6. The van der Waals surface area contributed by atoms with Crippen molar-refractivity contribution in [3.8, 4) is 0 Å². The van der Waals surface area contributed by atoms with E-state index in [0.29, 0.717) is 10.6 Å². The molecular formula is C11H18BrN3O. The van der Waals surface area contributed by atoms with Crippen molar-refractivity contribution in [2.45, 2.75) is 31.6 Å². The van der Waals surface area contributed by atoms with E-state index in [2.05, 4.69) is 27.8 Å². The van der Waals surface area contributed by atoms with E-state index in [9.17, 15) is 4.79 Å². The van der Waals surface area contributed by atoms with Crippen LogP contribution in [0.2, 0.25) is 0 Å². The molecule has 1 heterocycles. The number of anilines is 1. The second-order valence-corrected chi connectivity index (χ2v) is 5.47. The maximum Gasteiger partial charge on any atom is 0.293 e. The molecule has 90 valence electrons. The van der Waals surface area contributed by atoms with E-state index in [0.717, 1.165) is 19.5 Å². The topological polar surface area (TPSA) is 38.1 Å².